The van der Waals surface area contributed by atoms with Gasteiger partial charge in [0.1, 0.15) is 34.9 Å². The van der Waals surface area contributed by atoms with Crippen molar-refractivity contribution in [3.8, 4) is 78.3 Å². The number of nitrogens with zero attached hydrogens (tertiary/aromatic N) is 3. The molecule has 0 amide bonds. The molecule has 0 fully saturated rings. The first-order valence-corrected chi connectivity index (χ1v) is 23.1. The Morgan fingerprint density at radius 3 is 1.28 bits per heavy atom. The van der Waals surface area contributed by atoms with Crippen LogP contribution >= 0.6 is 0 Å². The summed E-state index contributed by atoms with van der Waals surface area (Å²) in [6.07, 6.45) is 5.39. The number of hydrogen-bond acceptors (Lipinski definition) is 3. The van der Waals surface area contributed by atoms with E-state index in [4.69, 9.17) is 13.2 Å². The van der Waals surface area contributed by atoms with Gasteiger partial charge in [-0.3, -0.25) is 15.0 Å². The summed E-state index contributed by atoms with van der Waals surface area (Å²) in [6.45, 7) is -5.26. The van der Waals surface area contributed by atoms with E-state index >= 15 is 4.39 Å². The zero-order chi connectivity index (χ0) is 54.9. The van der Waals surface area contributed by atoms with E-state index in [1.165, 1.54) is 48.8 Å². The average Bonchev–Trinajstić information content (AvgIpc) is 3.51. The van der Waals surface area contributed by atoms with Crippen molar-refractivity contribution in [3.05, 3.63) is 257 Å². The smallest absolute Gasteiger partial charge is 0.135 e. The lowest BCUT2D eigenvalue weighted by Crippen LogP contribution is -2.01. The quantitative estimate of drug-likeness (QED) is 0.108. The molecule has 72 heavy (non-hydrogen) atoms. The summed E-state index contributed by atoms with van der Waals surface area (Å²) < 4.78 is 138. The van der Waals surface area contributed by atoms with Gasteiger partial charge in [-0.05, 0) is 166 Å². The molecular formula is C63H45F6N3. The number of hydrogen-bond donors (Lipinski definition) is 0. The van der Waals surface area contributed by atoms with Crippen LogP contribution in [0.4, 0.5) is 26.3 Å². The molecule has 7 aromatic carbocycles. The molecule has 0 aliphatic heterocycles. The maximum atomic E-state index is 15.4. The van der Waals surface area contributed by atoms with Gasteiger partial charge in [-0.15, -0.1) is 0 Å². The molecule has 0 saturated heterocycles. The molecule has 10 rings (SSSR count). The summed E-state index contributed by atoms with van der Waals surface area (Å²) in [4.78, 5) is 13.6. The minimum Gasteiger partial charge on any atom is -0.256 e. The fourth-order valence-electron chi connectivity index (χ4n) is 9.02. The number of pyridine rings is 3. The van der Waals surface area contributed by atoms with Gasteiger partial charge in [0.05, 0.1) is 17.1 Å². The third kappa shape index (κ3) is 10.2. The van der Waals surface area contributed by atoms with Crippen LogP contribution < -0.4 is 0 Å². The van der Waals surface area contributed by atoms with E-state index in [1.807, 2.05) is 97.1 Å². The number of aromatic nitrogens is 3. The maximum absolute atomic E-state index is 15.4. The summed E-state index contributed by atoms with van der Waals surface area (Å²) in [5, 5.41) is 0. The third-order valence-electron chi connectivity index (χ3n) is 12.7. The summed E-state index contributed by atoms with van der Waals surface area (Å²) in [5.74, 6) is -4.86. The normalized spacial score (nSPS) is 12.9. The summed E-state index contributed by atoms with van der Waals surface area (Å²) >= 11 is 0. The predicted octanol–water partition coefficient (Wildman–Crippen LogP) is 16.6. The van der Waals surface area contributed by atoms with Crippen molar-refractivity contribution >= 4 is 0 Å². The molecule has 0 saturated carbocycles. The Morgan fingerprint density at radius 1 is 0.333 bits per heavy atom. The molecule has 3 nitrogen and oxygen atoms in total. The van der Waals surface area contributed by atoms with Crippen molar-refractivity contribution in [3.63, 3.8) is 0 Å². The lowest BCUT2D eigenvalue weighted by Gasteiger charge is -2.18. The lowest BCUT2D eigenvalue weighted by molar-refractivity contribution is 0.584. The van der Waals surface area contributed by atoms with Crippen LogP contribution in [0.1, 0.15) is 41.6 Å². The monoisotopic (exact) mass is 963 g/mol. The number of aryl methyl sites for hydroxylation is 6. The Morgan fingerprint density at radius 2 is 0.778 bits per heavy atom. The summed E-state index contributed by atoms with van der Waals surface area (Å²) in [6, 6.07) is 45.1. The van der Waals surface area contributed by atoms with Crippen LogP contribution in [-0.2, 0) is 25.7 Å². The van der Waals surface area contributed by atoms with Gasteiger partial charge >= 0.3 is 0 Å². The van der Waals surface area contributed by atoms with Crippen molar-refractivity contribution in [1.82, 2.24) is 15.0 Å². The second kappa shape index (κ2) is 20.5. The summed E-state index contributed by atoms with van der Waals surface area (Å²) in [7, 11) is 0. The molecule has 0 radical (unpaired) electrons. The molecule has 0 N–H and O–H groups in total. The van der Waals surface area contributed by atoms with Gasteiger partial charge in [-0.25, -0.2) is 26.3 Å². The molecule has 354 valence electrons. The van der Waals surface area contributed by atoms with E-state index in [1.54, 1.807) is 12.3 Å². The van der Waals surface area contributed by atoms with E-state index in [0.717, 1.165) is 62.7 Å². The zero-order valence-electron chi connectivity index (χ0n) is 44.3. The van der Waals surface area contributed by atoms with Gasteiger partial charge in [0.15, 0.2) is 0 Å². The second-order valence-electron chi connectivity index (χ2n) is 17.5. The zero-order valence-corrected chi connectivity index (χ0v) is 38.3. The van der Waals surface area contributed by atoms with Gasteiger partial charge in [-0.2, -0.15) is 0 Å². The van der Waals surface area contributed by atoms with Gasteiger partial charge in [0, 0.05) is 67.3 Å². The Balaban J connectivity index is 1.08. The fourth-order valence-corrected chi connectivity index (χ4v) is 9.02. The van der Waals surface area contributed by atoms with E-state index in [9.17, 15) is 22.0 Å². The highest BCUT2D eigenvalue weighted by atomic mass is 19.2. The average molecular weight is 964 g/mol. The van der Waals surface area contributed by atoms with Gasteiger partial charge in [0.25, 0.3) is 0 Å². The van der Waals surface area contributed by atoms with Gasteiger partial charge in [0.2, 0.25) is 0 Å². The maximum Gasteiger partial charge on any atom is 0.135 e. The minimum atomic E-state index is -2.63. The van der Waals surface area contributed by atoms with E-state index < -0.39 is 48.6 Å². The van der Waals surface area contributed by atoms with Crippen molar-refractivity contribution in [1.29, 1.82) is 0 Å². The van der Waals surface area contributed by atoms with Crippen LogP contribution in [0, 0.1) is 48.6 Å². The first-order valence-electron chi connectivity index (χ1n) is 26.1. The van der Waals surface area contributed by atoms with E-state index in [2.05, 4.69) is 9.97 Å². The van der Waals surface area contributed by atoms with Gasteiger partial charge < -0.3 is 0 Å². The second-order valence-corrected chi connectivity index (χ2v) is 17.5. The minimum absolute atomic E-state index is 0.0295. The van der Waals surface area contributed by atoms with E-state index in [0.29, 0.717) is 34.4 Å². The fraction of sp³-hybridized carbons (Fsp3) is 0.0952. The molecule has 3 aromatic heterocycles. The SMILES string of the molecule is [2H]C([2H])([2H])c1cc(-c2ccc(F)cc2F)ncc1CCc1cc(CCc2cnc(-c3ccc(F)cc3F)cc2C([2H])([2H])[2H])cc(-c2ccccc2-c2cnc(-c3ccc(F)cc3F)cc2-c2ccc(-c3ccccc3)cc2)c1. The van der Waals surface area contributed by atoms with Crippen LogP contribution in [0.2, 0.25) is 0 Å². The number of benzene rings is 7. The largest absolute Gasteiger partial charge is 0.256 e. The van der Waals surface area contributed by atoms with E-state index in [-0.39, 0.29) is 70.6 Å². The number of rotatable bonds is 13. The topological polar surface area (TPSA) is 38.7 Å². The molecule has 10 aromatic rings. The molecule has 0 atom stereocenters. The molecule has 0 spiro atoms. The Hall–Kier alpha value is -8.43. The summed E-state index contributed by atoms with van der Waals surface area (Å²) in [5.41, 5.74) is 8.97. The highest BCUT2D eigenvalue weighted by Gasteiger charge is 2.19. The van der Waals surface area contributed by atoms with Crippen LogP contribution in [0.15, 0.2) is 188 Å². The highest BCUT2D eigenvalue weighted by Crippen LogP contribution is 2.41. The highest BCUT2D eigenvalue weighted by molar-refractivity contribution is 5.93. The number of halogens is 6. The Kier molecular flexibility index (Phi) is 11.5. The molecule has 0 unspecified atom stereocenters. The Labute approximate surface area is 422 Å². The van der Waals surface area contributed by atoms with Gasteiger partial charge in [-0.1, -0.05) is 97.1 Å². The molecule has 0 bridgehead atoms. The molecule has 0 aliphatic rings. The predicted molar refractivity (Wildman–Crippen MR) is 275 cm³/mol. The molecular weight excluding hydrogens is 913 g/mol. The molecule has 3 heterocycles. The Bertz CT molecular complexity index is 3730. The van der Waals surface area contributed by atoms with Crippen molar-refractivity contribution in [2.45, 2.75) is 39.4 Å². The van der Waals surface area contributed by atoms with Crippen LogP contribution in [0.25, 0.3) is 78.3 Å². The first kappa shape index (κ1) is 40.3. The third-order valence-corrected chi connectivity index (χ3v) is 12.7. The first-order chi connectivity index (χ1) is 37.4. The molecule has 9 heteroatoms. The van der Waals surface area contributed by atoms with Crippen LogP contribution in [-0.4, -0.2) is 15.0 Å². The van der Waals surface area contributed by atoms with Crippen molar-refractivity contribution in [2.24, 2.45) is 0 Å². The molecule has 0 aliphatic carbocycles. The lowest BCUT2D eigenvalue weighted by atomic mass is 9.87. The van der Waals surface area contributed by atoms with Crippen molar-refractivity contribution < 1.29 is 34.6 Å². The van der Waals surface area contributed by atoms with Crippen LogP contribution in [0.3, 0.4) is 0 Å². The standard InChI is InChI=1S/C63H45F6N3/c1-38-26-61(53-23-20-48(64)31-58(53)67)70-35-45(38)14-12-40-28-41(13-15-46-36-71-62(27-39(46)2)54-24-21-49(65)32-59(54)68)30-47(29-40)51-10-6-7-11-52(51)57-37-72-63(55-25-22-50(66)33-60(55)69)34-56(57)44-18-16-43(17-19-44)42-8-4-3-5-9-42/h3-11,16-37H,12-15H2,1-2H3/i1D3,2D3. The van der Waals surface area contributed by atoms with Crippen molar-refractivity contribution in [2.75, 3.05) is 0 Å². The van der Waals surface area contributed by atoms with Crippen LogP contribution in [0.5, 0.6) is 0 Å².